The Morgan fingerprint density at radius 3 is 2.67 bits per heavy atom. The van der Waals surface area contributed by atoms with E-state index in [0.717, 1.165) is 21.3 Å². The molecule has 3 rings (SSSR count). The summed E-state index contributed by atoms with van der Waals surface area (Å²) in [6.07, 6.45) is 0. The standard InChI is InChI=1S/C14H12N2OS/c1-10-7-8-13-12(9-10)14(17)16(18-13)15-11-5-3-2-4-6-11/h2-9,15H,1H3. The molecule has 0 spiro atoms. The highest BCUT2D eigenvalue weighted by Crippen LogP contribution is 2.18. The number of benzene rings is 2. The van der Waals surface area contributed by atoms with E-state index in [1.807, 2.05) is 55.5 Å². The van der Waals surface area contributed by atoms with Crippen LogP contribution in [0.25, 0.3) is 10.1 Å². The van der Waals surface area contributed by atoms with E-state index >= 15 is 0 Å². The molecule has 0 saturated heterocycles. The van der Waals surface area contributed by atoms with Crippen molar-refractivity contribution < 1.29 is 0 Å². The van der Waals surface area contributed by atoms with Crippen LogP contribution in [0.4, 0.5) is 5.69 Å². The number of anilines is 1. The zero-order chi connectivity index (χ0) is 12.5. The van der Waals surface area contributed by atoms with Crippen molar-refractivity contribution in [1.29, 1.82) is 0 Å². The molecule has 4 heteroatoms. The van der Waals surface area contributed by atoms with Gasteiger partial charge in [0, 0.05) is 0 Å². The molecule has 0 amide bonds. The van der Waals surface area contributed by atoms with E-state index < -0.39 is 0 Å². The zero-order valence-electron chi connectivity index (χ0n) is 9.88. The van der Waals surface area contributed by atoms with Gasteiger partial charge in [-0.25, -0.2) is 0 Å². The van der Waals surface area contributed by atoms with Gasteiger partial charge in [0.1, 0.15) is 0 Å². The van der Waals surface area contributed by atoms with Gasteiger partial charge < -0.3 is 0 Å². The number of para-hydroxylation sites is 1. The third kappa shape index (κ3) is 1.91. The molecule has 0 aliphatic heterocycles. The lowest BCUT2D eigenvalue weighted by atomic mass is 10.2. The van der Waals surface area contributed by atoms with Crippen LogP contribution >= 0.6 is 11.5 Å². The topological polar surface area (TPSA) is 34.0 Å². The maximum absolute atomic E-state index is 12.2. The molecule has 1 heterocycles. The monoisotopic (exact) mass is 256 g/mol. The minimum atomic E-state index is 0.00236. The highest BCUT2D eigenvalue weighted by atomic mass is 32.1. The number of aromatic nitrogens is 1. The Morgan fingerprint density at radius 1 is 1.11 bits per heavy atom. The largest absolute Gasteiger partial charge is 0.287 e. The number of aryl methyl sites for hydroxylation is 1. The van der Waals surface area contributed by atoms with Crippen LogP contribution in [0.5, 0.6) is 0 Å². The van der Waals surface area contributed by atoms with Gasteiger partial charge in [-0.05, 0) is 42.7 Å². The van der Waals surface area contributed by atoms with Crippen molar-refractivity contribution >= 4 is 27.3 Å². The van der Waals surface area contributed by atoms with E-state index in [2.05, 4.69) is 5.43 Å². The molecule has 0 aliphatic rings. The van der Waals surface area contributed by atoms with Crippen LogP contribution in [-0.4, -0.2) is 4.07 Å². The van der Waals surface area contributed by atoms with Crippen molar-refractivity contribution in [3.63, 3.8) is 0 Å². The fourth-order valence-corrected chi connectivity index (χ4v) is 2.75. The lowest BCUT2D eigenvalue weighted by Crippen LogP contribution is -2.19. The number of hydrogen-bond donors (Lipinski definition) is 1. The van der Waals surface area contributed by atoms with Crippen molar-refractivity contribution in [3.8, 4) is 0 Å². The summed E-state index contributed by atoms with van der Waals surface area (Å²) in [5.41, 5.74) is 5.11. The molecule has 3 nitrogen and oxygen atoms in total. The molecular weight excluding hydrogens is 244 g/mol. The van der Waals surface area contributed by atoms with Gasteiger partial charge in [-0.3, -0.25) is 10.2 Å². The molecule has 0 fully saturated rings. The number of rotatable bonds is 2. The smallest absolute Gasteiger partial charge is 0.282 e. The normalized spacial score (nSPS) is 10.7. The minimum Gasteiger partial charge on any atom is -0.282 e. The number of nitrogens with zero attached hydrogens (tertiary/aromatic N) is 1. The lowest BCUT2D eigenvalue weighted by Gasteiger charge is -2.03. The van der Waals surface area contributed by atoms with Crippen LogP contribution in [0.15, 0.2) is 53.3 Å². The Hall–Kier alpha value is -2.07. The first-order valence-electron chi connectivity index (χ1n) is 5.69. The van der Waals surface area contributed by atoms with E-state index in [1.165, 1.54) is 11.5 Å². The maximum atomic E-state index is 12.2. The Labute approximate surface area is 108 Å². The van der Waals surface area contributed by atoms with Crippen LogP contribution in [0.2, 0.25) is 0 Å². The van der Waals surface area contributed by atoms with Gasteiger partial charge in [-0.1, -0.05) is 29.8 Å². The predicted molar refractivity (Wildman–Crippen MR) is 76.3 cm³/mol. The quantitative estimate of drug-likeness (QED) is 0.763. The fraction of sp³-hybridized carbons (Fsp3) is 0.0714. The van der Waals surface area contributed by atoms with Gasteiger partial charge >= 0.3 is 0 Å². The van der Waals surface area contributed by atoms with Crippen LogP contribution in [0.3, 0.4) is 0 Å². The molecule has 0 unspecified atom stereocenters. The van der Waals surface area contributed by atoms with Crippen LogP contribution in [0.1, 0.15) is 5.56 Å². The molecule has 0 radical (unpaired) electrons. The van der Waals surface area contributed by atoms with Gasteiger partial charge in [0.15, 0.2) is 0 Å². The van der Waals surface area contributed by atoms with E-state index in [0.29, 0.717) is 0 Å². The number of hydrogen-bond acceptors (Lipinski definition) is 3. The third-order valence-corrected chi connectivity index (χ3v) is 3.74. The van der Waals surface area contributed by atoms with E-state index in [-0.39, 0.29) is 5.56 Å². The fourth-order valence-electron chi connectivity index (χ4n) is 1.84. The van der Waals surface area contributed by atoms with Crippen molar-refractivity contribution in [2.45, 2.75) is 6.92 Å². The Bertz CT molecular complexity index is 743. The minimum absolute atomic E-state index is 0.00236. The Balaban J connectivity index is 2.08. The molecule has 0 saturated carbocycles. The molecule has 1 aromatic heterocycles. The van der Waals surface area contributed by atoms with Gasteiger partial charge in [-0.2, -0.15) is 4.07 Å². The summed E-state index contributed by atoms with van der Waals surface area (Å²) in [5.74, 6) is 0. The first kappa shape index (κ1) is 11.0. The zero-order valence-corrected chi connectivity index (χ0v) is 10.7. The second kappa shape index (κ2) is 4.31. The molecule has 0 aliphatic carbocycles. The summed E-state index contributed by atoms with van der Waals surface area (Å²) in [6, 6.07) is 15.6. The molecule has 0 bridgehead atoms. The van der Waals surface area contributed by atoms with Gasteiger partial charge in [-0.15, -0.1) is 0 Å². The maximum Gasteiger partial charge on any atom is 0.287 e. The molecule has 1 N–H and O–H groups in total. The summed E-state index contributed by atoms with van der Waals surface area (Å²) >= 11 is 1.42. The average molecular weight is 256 g/mol. The Morgan fingerprint density at radius 2 is 1.89 bits per heavy atom. The van der Waals surface area contributed by atoms with Crippen LogP contribution < -0.4 is 11.0 Å². The van der Waals surface area contributed by atoms with Crippen molar-refractivity contribution in [2.24, 2.45) is 0 Å². The second-order valence-electron chi connectivity index (χ2n) is 4.17. The molecule has 18 heavy (non-hydrogen) atoms. The first-order valence-corrected chi connectivity index (χ1v) is 6.46. The summed E-state index contributed by atoms with van der Waals surface area (Å²) in [4.78, 5) is 12.2. The number of nitrogens with one attached hydrogen (secondary N) is 1. The summed E-state index contributed by atoms with van der Waals surface area (Å²) in [5, 5.41) is 0.767. The average Bonchev–Trinajstić information content (AvgIpc) is 2.68. The third-order valence-electron chi connectivity index (χ3n) is 2.74. The van der Waals surface area contributed by atoms with Crippen molar-refractivity contribution in [3.05, 3.63) is 64.4 Å². The van der Waals surface area contributed by atoms with Crippen LogP contribution in [0, 0.1) is 6.92 Å². The Kier molecular flexibility index (Phi) is 2.64. The van der Waals surface area contributed by atoms with Gasteiger partial charge in [0.2, 0.25) is 0 Å². The molecule has 2 aromatic carbocycles. The highest BCUT2D eigenvalue weighted by Gasteiger charge is 2.07. The molecule has 90 valence electrons. The van der Waals surface area contributed by atoms with Gasteiger partial charge in [0.25, 0.3) is 5.56 Å². The first-order chi connectivity index (χ1) is 8.74. The van der Waals surface area contributed by atoms with Crippen molar-refractivity contribution in [2.75, 3.05) is 5.43 Å². The van der Waals surface area contributed by atoms with E-state index in [4.69, 9.17) is 0 Å². The van der Waals surface area contributed by atoms with Crippen molar-refractivity contribution in [1.82, 2.24) is 4.07 Å². The summed E-state index contributed by atoms with van der Waals surface area (Å²) < 4.78 is 2.56. The van der Waals surface area contributed by atoms with E-state index in [1.54, 1.807) is 4.07 Å². The molecular formula is C14H12N2OS. The SMILES string of the molecule is Cc1ccc2sn(Nc3ccccc3)c(=O)c2c1. The summed E-state index contributed by atoms with van der Waals surface area (Å²) in [7, 11) is 0. The predicted octanol–water partition coefficient (Wildman–Crippen LogP) is 3.25. The highest BCUT2D eigenvalue weighted by molar-refractivity contribution is 7.14. The van der Waals surface area contributed by atoms with E-state index in [9.17, 15) is 4.79 Å². The van der Waals surface area contributed by atoms with Gasteiger partial charge in [0.05, 0.1) is 15.8 Å². The molecule has 3 aromatic rings. The lowest BCUT2D eigenvalue weighted by molar-refractivity contribution is 1.03. The molecule has 0 atom stereocenters. The number of fused-ring (bicyclic) bond motifs is 1. The summed E-state index contributed by atoms with van der Waals surface area (Å²) in [6.45, 7) is 1.99. The van der Waals surface area contributed by atoms with Crippen LogP contribution in [-0.2, 0) is 0 Å². The second-order valence-corrected chi connectivity index (χ2v) is 5.16.